The fourth-order valence-electron chi connectivity index (χ4n) is 2.63. The van der Waals surface area contributed by atoms with Gasteiger partial charge in [-0.25, -0.2) is 9.18 Å². The minimum Gasteiger partial charge on any atom is -0.478 e. The highest BCUT2D eigenvalue weighted by Crippen LogP contribution is 2.20. The molecule has 114 valence electrons. The number of rotatable bonds is 6. The van der Waals surface area contributed by atoms with Gasteiger partial charge in [0.25, 0.3) is 0 Å². The van der Waals surface area contributed by atoms with E-state index >= 15 is 0 Å². The molecule has 1 aromatic rings. The summed E-state index contributed by atoms with van der Waals surface area (Å²) in [5, 5.41) is 8.56. The second-order valence-electron chi connectivity index (χ2n) is 5.37. The molecule has 2 rings (SSSR count). The fourth-order valence-corrected chi connectivity index (χ4v) is 2.63. The van der Waals surface area contributed by atoms with Crippen molar-refractivity contribution in [3.8, 4) is 0 Å². The zero-order valence-electron chi connectivity index (χ0n) is 12.1. The molecule has 5 heteroatoms. The second-order valence-corrected chi connectivity index (χ2v) is 5.37. The Morgan fingerprint density at radius 1 is 1.57 bits per heavy atom. The van der Waals surface area contributed by atoms with Gasteiger partial charge in [-0.2, -0.15) is 0 Å². The van der Waals surface area contributed by atoms with Crippen molar-refractivity contribution >= 4 is 12.0 Å². The lowest BCUT2D eigenvalue weighted by atomic mass is 10.1. The van der Waals surface area contributed by atoms with E-state index in [4.69, 9.17) is 9.84 Å². The maximum Gasteiger partial charge on any atom is 0.328 e. The number of ether oxygens (including phenoxy) is 1. The van der Waals surface area contributed by atoms with Gasteiger partial charge in [-0.1, -0.05) is 12.1 Å². The number of methoxy groups -OCH3 is 1. The first-order valence-corrected chi connectivity index (χ1v) is 6.99. The number of hydrogen-bond donors (Lipinski definition) is 1. The van der Waals surface area contributed by atoms with E-state index in [1.54, 1.807) is 19.2 Å². The SMILES string of the molecule is COCC1CCN(Cc2ccc(C=CC(=O)O)cc2F)C1. The number of carboxylic acids is 1. The Kier molecular flexibility index (Phi) is 5.47. The average Bonchev–Trinajstić information content (AvgIpc) is 2.87. The molecule has 0 aromatic heterocycles. The Morgan fingerprint density at radius 2 is 2.38 bits per heavy atom. The third-order valence-electron chi connectivity index (χ3n) is 3.66. The van der Waals surface area contributed by atoms with Crippen LogP contribution in [0.2, 0.25) is 0 Å². The van der Waals surface area contributed by atoms with E-state index in [1.807, 2.05) is 0 Å². The molecule has 1 aliphatic heterocycles. The Bertz CT molecular complexity index is 530. The van der Waals surface area contributed by atoms with Gasteiger partial charge in [-0.05, 0) is 36.6 Å². The van der Waals surface area contributed by atoms with Crippen molar-refractivity contribution in [2.75, 3.05) is 26.8 Å². The van der Waals surface area contributed by atoms with Crippen LogP contribution >= 0.6 is 0 Å². The van der Waals surface area contributed by atoms with Crippen LogP contribution in [0.15, 0.2) is 24.3 Å². The summed E-state index contributed by atoms with van der Waals surface area (Å²) in [5.41, 5.74) is 1.19. The Labute approximate surface area is 123 Å². The highest BCUT2D eigenvalue weighted by molar-refractivity contribution is 5.85. The Morgan fingerprint density at radius 3 is 3.05 bits per heavy atom. The molecule has 0 bridgehead atoms. The lowest BCUT2D eigenvalue weighted by Crippen LogP contribution is -2.21. The summed E-state index contributed by atoms with van der Waals surface area (Å²) in [6.07, 6.45) is 3.47. The van der Waals surface area contributed by atoms with Crippen molar-refractivity contribution in [2.24, 2.45) is 5.92 Å². The van der Waals surface area contributed by atoms with E-state index in [2.05, 4.69) is 4.90 Å². The molecule has 0 saturated carbocycles. The van der Waals surface area contributed by atoms with Crippen LogP contribution in [0.4, 0.5) is 4.39 Å². The van der Waals surface area contributed by atoms with Gasteiger partial charge >= 0.3 is 5.97 Å². The van der Waals surface area contributed by atoms with Crippen LogP contribution in [-0.4, -0.2) is 42.8 Å². The van der Waals surface area contributed by atoms with E-state index in [0.29, 0.717) is 23.6 Å². The van der Waals surface area contributed by atoms with E-state index in [-0.39, 0.29) is 5.82 Å². The van der Waals surface area contributed by atoms with Crippen molar-refractivity contribution in [1.82, 2.24) is 4.90 Å². The van der Waals surface area contributed by atoms with Crippen LogP contribution in [0.5, 0.6) is 0 Å². The molecular weight excluding hydrogens is 273 g/mol. The summed E-state index contributed by atoms with van der Waals surface area (Å²) >= 11 is 0. The summed E-state index contributed by atoms with van der Waals surface area (Å²) in [6.45, 7) is 3.20. The number of carboxylic acid groups (broad SMARTS) is 1. The van der Waals surface area contributed by atoms with Crippen molar-refractivity contribution in [2.45, 2.75) is 13.0 Å². The zero-order valence-corrected chi connectivity index (χ0v) is 12.1. The van der Waals surface area contributed by atoms with Crippen LogP contribution in [-0.2, 0) is 16.1 Å². The fraction of sp³-hybridized carbons (Fsp3) is 0.438. The largest absolute Gasteiger partial charge is 0.478 e. The van der Waals surface area contributed by atoms with Crippen molar-refractivity contribution in [1.29, 1.82) is 0 Å². The lowest BCUT2D eigenvalue weighted by molar-refractivity contribution is -0.131. The predicted molar refractivity (Wildman–Crippen MR) is 78.3 cm³/mol. The van der Waals surface area contributed by atoms with Gasteiger partial charge in [0.2, 0.25) is 0 Å². The minimum absolute atomic E-state index is 0.294. The summed E-state index contributed by atoms with van der Waals surface area (Å²) in [6, 6.07) is 4.83. The van der Waals surface area contributed by atoms with Gasteiger partial charge in [0.15, 0.2) is 0 Å². The topological polar surface area (TPSA) is 49.8 Å². The smallest absolute Gasteiger partial charge is 0.328 e. The van der Waals surface area contributed by atoms with Crippen LogP contribution in [0.25, 0.3) is 6.08 Å². The summed E-state index contributed by atoms with van der Waals surface area (Å²) in [4.78, 5) is 12.7. The average molecular weight is 293 g/mol. The summed E-state index contributed by atoms with van der Waals surface area (Å²) < 4.78 is 19.2. The number of carbonyl (C=O) groups is 1. The summed E-state index contributed by atoms with van der Waals surface area (Å²) in [7, 11) is 1.70. The molecule has 1 atom stereocenters. The normalized spacial score (nSPS) is 19.4. The Hall–Kier alpha value is -1.72. The van der Waals surface area contributed by atoms with Crippen LogP contribution in [0.3, 0.4) is 0 Å². The number of hydrogen-bond acceptors (Lipinski definition) is 3. The van der Waals surface area contributed by atoms with Crippen LogP contribution < -0.4 is 0 Å². The first-order valence-electron chi connectivity index (χ1n) is 6.99. The number of benzene rings is 1. The molecule has 0 amide bonds. The zero-order chi connectivity index (χ0) is 15.2. The number of aliphatic carboxylic acids is 1. The van der Waals surface area contributed by atoms with Gasteiger partial charge in [-0.15, -0.1) is 0 Å². The quantitative estimate of drug-likeness (QED) is 0.818. The number of likely N-dealkylation sites (tertiary alicyclic amines) is 1. The molecule has 1 fully saturated rings. The molecule has 0 spiro atoms. The first-order chi connectivity index (χ1) is 10.1. The van der Waals surface area contributed by atoms with E-state index in [1.165, 1.54) is 12.1 Å². The molecule has 0 aliphatic carbocycles. The van der Waals surface area contributed by atoms with Crippen LogP contribution in [0, 0.1) is 11.7 Å². The van der Waals surface area contributed by atoms with Gasteiger partial charge in [0.1, 0.15) is 5.82 Å². The highest BCUT2D eigenvalue weighted by atomic mass is 19.1. The molecule has 21 heavy (non-hydrogen) atoms. The second kappa shape index (κ2) is 7.33. The van der Waals surface area contributed by atoms with E-state index in [0.717, 1.165) is 32.2 Å². The molecule has 0 radical (unpaired) electrons. The van der Waals surface area contributed by atoms with Gasteiger partial charge in [0.05, 0.1) is 6.61 Å². The predicted octanol–water partition coefficient (Wildman–Crippen LogP) is 2.39. The van der Waals surface area contributed by atoms with E-state index < -0.39 is 5.97 Å². The van der Waals surface area contributed by atoms with Crippen molar-refractivity contribution < 1.29 is 19.0 Å². The maximum absolute atomic E-state index is 14.0. The third-order valence-corrected chi connectivity index (χ3v) is 3.66. The molecule has 1 N–H and O–H groups in total. The molecule has 1 heterocycles. The molecule has 1 aliphatic rings. The van der Waals surface area contributed by atoms with Gasteiger partial charge in [-0.3, -0.25) is 4.90 Å². The monoisotopic (exact) mass is 293 g/mol. The minimum atomic E-state index is -1.04. The molecule has 4 nitrogen and oxygen atoms in total. The van der Waals surface area contributed by atoms with E-state index in [9.17, 15) is 9.18 Å². The highest BCUT2D eigenvalue weighted by Gasteiger charge is 2.22. The molecule has 1 aromatic carbocycles. The molecule has 1 unspecified atom stereocenters. The summed E-state index contributed by atoms with van der Waals surface area (Å²) in [5.74, 6) is -0.811. The number of halogens is 1. The Balaban J connectivity index is 1.97. The standard InChI is InChI=1S/C16H20FNO3/c1-21-11-13-6-7-18(9-13)10-14-4-2-12(8-15(14)17)3-5-16(19)20/h2-5,8,13H,6-7,9-11H2,1H3,(H,19,20). The lowest BCUT2D eigenvalue weighted by Gasteiger charge is -2.16. The van der Waals surface area contributed by atoms with Crippen molar-refractivity contribution in [3.05, 3.63) is 41.2 Å². The first kappa shape index (κ1) is 15.7. The molecular formula is C16H20FNO3. The van der Waals surface area contributed by atoms with Gasteiger partial charge < -0.3 is 9.84 Å². The molecule has 1 saturated heterocycles. The number of nitrogens with zero attached hydrogens (tertiary/aromatic N) is 1. The maximum atomic E-state index is 14.0. The van der Waals surface area contributed by atoms with Crippen LogP contribution in [0.1, 0.15) is 17.5 Å². The van der Waals surface area contributed by atoms with Gasteiger partial charge in [0, 0.05) is 31.8 Å². The van der Waals surface area contributed by atoms with Crippen molar-refractivity contribution in [3.63, 3.8) is 0 Å². The third kappa shape index (κ3) is 4.65.